The number of ether oxygens (including phenoxy) is 1. The minimum Gasteiger partial charge on any atom is -0.472 e. The van der Waals surface area contributed by atoms with E-state index in [1.807, 2.05) is 48.2 Å². The second kappa shape index (κ2) is 7.91. The van der Waals surface area contributed by atoms with Crippen LogP contribution in [0.3, 0.4) is 0 Å². The number of likely N-dealkylation sites (tertiary alicyclic amines) is 1. The molecule has 0 saturated carbocycles. The van der Waals surface area contributed by atoms with E-state index in [1.165, 1.54) is 0 Å². The number of hydrogen-bond donors (Lipinski definition) is 0. The highest BCUT2D eigenvalue weighted by atomic mass is 79.9. The summed E-state index contributed by atoms with van der Waals surface area (Å²) in [5.74, 6) is 0.290. The number of anilines is 1. The van der Waals surface area contributed by atoms with Gasteiger partial charge in [-0.15, -0.1) is 0 Å². The van der Waals surface area contributed by atoms with Gasteiger partial charge in [-0.1, -0.05) is 17.7 Å². The van der Waals surface area contributed by atoms with Gasteiger partial charge in [0.25, 0.3) is 0 Å². The summed E-state index contributed by atoms with van der Waals surface area (Å²) in [7, 11) is 0. The third-order valence-corrected chi connectivity index (χ3v) is 5.88. The summed E-state index contributed by atoms with van der Waals surface area (Å²) in [5.41, 5.74) is 2.00. The highest BCUT2D eigenvalue weighted by Crippen LogP contribution is 2.29. The van der Waals surface area contributed by atoms with Crippen LogP contribution in [0.5, 0.6) is 5.88 Å². The molecule has 2 saturated heterocycles. The van der Waals surface area contributed by atoms with Crippen molar-refractivity contribution in [2.45, 2.75) is 25.9 Å². The van der Waals surface area contributed by atoms with Crippen LogP contribution in [-0.2, 0) is 9.59 Å². The first kappa shape index (κ1) is 18.9. The van der Waals surface area contributed by atoms with Gasteiger partial charge in [0.2, 0.25) is 17.7 Å². The van der Waals surface area contributed by atoms with Crippen LogP contribution in [0.4, 0.5) is 5.69 Å². The number of benzene rings is 1. The van der Waals surface area contributed by atoms with Crippen LogP contribution >= 0.6 is 15.9 Å². The molecule has 0 bridgehead atoms. The average Bonchev–Trinajstić information content (AvgIpc) is 3.31. The third-order valence-electron chi connectivity index (χ3n) is 5.28. The summed E-state index contributed by atoms with van der Waals surface area (Å²) in [5, 5.41) is 0. The molecule has 6 nitrogen and oxygen atoms in total. The summed E-state index contributed by atoms with van der Waals surface area (Å²) < 4.78 is 6.74. The van der Waals surface area contributed by atoms with E-state index in [4.69, 9.17) is 4.74 Å². The molecule has 4 rings (SSSR count). The predicted molar refractivity (Wildman–Crippen MR) is 109 cm³/mol. The van der Waals surface area contributed by atoms with Crippen molar-refractivity contribution in [1.29, 1.82) is 0 Å². The molecule has 1 aromatic heterocycles. The van der Waals surface area contributed by atoms with Crippen LogP contribution in [0.1, 0.15) is 18.4 Å². The molecule has 2 amide bonds. The quantitative estimate of drug-likeness (QED) is 0.727. The zero-order valence-corrected chi connectivity index (χ0v) is 17.3. The Kier molecular flexibility index (Phi) is 5.35. The van der Waals surface area contributed by atoms with Crippen molar-refractivity contribution in [2.24, 2.45) is 5.92 Å². The highest BCUT2D eigenvalue weighted by molar-refractivity contribution is 9.10. The molecule has 0 N–H and O–H groups in total. The lowest BCUT2D eigenvalue weighted by molar-refractivity contribution is -0.135. The van der Waals surface area contributed by atoms with Crippen molar-refractivity contribution in [3.05, 3.63) is 52.6 Å². The highest BCUT2D eigenvalue weighted by Gasteiger charge is 2.39. The van der Waals surface area contributed by atoms with Crippen molar-refractivity contribution in [1.82, 2.24) is 9.88 Å². The number of carbonyl (C=O) groups is 2. The van der Waals surface area contributed by atoms with E-state index < -0.39 is 0 Å². The van der Waals surface area contributed by atoms with E-state index in [0.29, 0.717) is 25.5 Å². The number of aromatic nitrogens is 1. The van der Waals surface area contributed by atoms with Crippen LogP contribution in [0.25, 0.3) is 0 Å². The second-order valence-electron chi connectivity index (χ2n) is 7.34. The van der Waals surface area contributed by atoms with Gasteiger partial charge < -0.3 is 14.5 Å². The van der Waals surface area contributed by atoms with Gasteiger partial charge in [-0.05, 0) is 47.1 Å². The maximum atomic E-state index is 13.0. The molecule has 2 aliphatic rings. The summed E-state index contributed by atoms with van der Waals surface area (Å²) in [4.78, 5) is 33.2. The zero-order valence-electron chi connectivity index (χ0n) is 15.7. The van der Waals surface area contributed by atoms with Gasteiger partial charge >= 0.3 is 0 Å². The first-order valence-electron chi connectivity index (χ1n) is 9.44. The Bertz CT molecular complexity index is 887. The minimum atomic E-state index is -0.297. The summed E-state index contributed by atoms with van der Waals surface area (Å²) in [6, 6.07) is 11.5. The fraction of sp³-hybridized carbons (Fsp3) is 0.381. The molecule has 2 aliphatic heterocycles. The Balaban J connectivity index is 1.37. The summed E-state index contributed by atoms with van der Waals surface area (Å²) in [6.07, 6.45) is 2.62. The maximum Gasteiger partial charge on any atom is 0.228 e. The van der Waals surface area contributed by atoms with Crippen LogP contribution in [0.15, 0.2) is 47.1 Å². The second-order valence-corrected chi connectivity index (χ2v) is 8.20. The molecule has 2 atom stereocenters. The molecule has 2 fully saturated rings. The van der Waals surface area contributed by atoms with E-state index in [2.05, 4.69) is 20.9 Å². The van der Waals surface area contributed by atoms with Gasteiger partial charge in [0.15, 0.2) is 0 Å². The Morgan fingerprint density at radius 1 is 1.21 bits per heavy atom. The first-order valence-corrected chi connectivity index (χ1v) is 10.2. The Hall–Kier alpha value is -2.41. The van der Waals surface area contributed by atoms with E-state index in [9.17, 15) is 9.59 Å². The monoisotopic (exact) mass is 443 g/mol. The van der Waals surface area contributed by atoms with Crippen molar-refractivity contribution < 1.29 is 14.3 Å². The van der Waals surface area contributed by atoms with E-state index in [1.54, 1.807) is 11.1 Å². The van der Waals surface area contributed by atoms with Crippen LogP contribution in [0, 0.1) is 12.8 Å². The molecule has 0 spiro atoms. The summed E-state index contributed by atoms with van der Waals surface area (Å²) in [6.45, 7) is 3.62. The fourth-order valence-electron chi connectivity index (χ4n) is 3.75. The van der Waals surface area contributed by atoms with E-state index in [0.717, 1.165) is 22.1 Å². The first-order chi connectivity index (χ1) is 13.5. The Labute approximate surface area is 172 Å². The lowest BCUT2D eigenvalue weighted by Gasteiger charge is -2.21. The molecule has 7 heteroatoms. The van der Waals surface area contributed by atoms with Crippen molar-refractivity contribution >= 4 is 33.4 Å². The molecule has 2 aromatic rings. The van der Waals surface area contributed by atoms with Crippen LogP contribution < -0.4 is 9.64 Å². The van der Waals surface area contributed by atoms with Gasteiger partial charge in [0.1, 0.15) is 6.10 Å². The number of carbonyl (C=O) groups excluding carboxylic acids is 2. The Morgan fingerprint density at radius 2 is 2.00 bits per heavy atom. The number of hydrogen-bond acceptors (Lipinski definition) is 4. The largest absolute Gasteiger partial charge is 0.472 e. The molecular weight excluding hydrogens is 422 g/mol. The standard InChI is InChI=1S/C21H22BrN3O3/c1-14-4-6-16(7-5-14)25-12-15(11-19(25)26)21(27)24-10-8-17(13-24)28-20-18(22)3-2-9-23-20/h2-7,9,15,17H,8,10-13H2,1H3. The molecule has 3 heterocycles. The SMILES string of the molecule is Cc1ccc(N2CC(C(=O)N3CCC(Oc4ncccc4Br)C3)CC2=O)cc1. The van der Waals surface area contributed by atoms with E-state index in [-0.39, 0.29) is 30.3 Å². The average molecular weight is 444 g/mol. The van der Waals surface area contributed by atoms with E-state index >= 15 is 0 Å². The number of amides is 2. The van der Waals surface area contributed by atoms with Crippen LogP contribution in [-0.4, -0.2) is 47.4 Å². The van der Waals surface area contributed by atoms with Crippen molar-refractivity contribution in [3.63, 3.8) is 0 Å². The topological polar surface area (TPSA) is 62.7 Å². The molecule has 0 aliphatic carbocycles. The molecular formula is C21H22BrN3O3. The lowest BCUT2D eigenvalue weighted by atomic mass is 10.1. The lowest BCUT2D eigenvalue weighted by Crippen LogP contribution is -2.37. The normalized spacial score (nSPS) is 22.0. The zero-order chi connectivity index (χ0) is 19.7. The fourth-order valence-corrected chi connectivity index (χ4v) is 4.09. The molecule has 28 heavy (non-hydrogen) atoms. The Morgan fingerprint density at radius 3 is 2.75 bits per heavy atom. The molecule has 0 radical (unpaired) electrons. The van der Waals surface area contributed by atoms with Gasteiger partial charge in [-0.2, -0.15) is 0 Å². The molecule has 146 valence electrons. The van der Waals surface area contributed by atoms with Crippen molar-refractivity contribution in [3.8, 4) is 5.88 Å². The predicted octanol–water partition coefficient (Wildman–Crippen LogP) is 3.19. The summed E-state index contributed by atoms with van der Waals surface area (Å²) >= 11 is 3.43. The maximum absolute atomic E-state index is 13.0. The number of halogens is 1. The third kappa shape index (κ3) is 3.90. The van der Waals surface area contributed by atoms with Crippen LogP contribution in [0.2, 0.25) is 0 Å². The molecule has 2 unspecified atom stereocenters. The van der Waals surface area contributed by atoms with Gasteiger partial charge in [0.05, 0.1) is 16.9 Å². The number of pyridine rings is 1. The minimum absolute atomic E-state index is 0.00613. The number of rotatable bonds is 4. The van der Waals surface area contributed by atoms with Crippen molar-refractivity contribution in [2.75, 3.05) is 24.5 Å². The smallest absolute Gasteiger partial charge is 0.228 e. The van der Waals surface area contributed by atoms with Gasteiger partial charge in [-0.3, -0.25) is 9.59 Å². The number of aryl methyl sites for hydroxylation is 1. The molecule has 1 aromatic carbocycles. The number of nitrogens with zero attached hydrogens (tertiary/aromatic N) is 3. The van der Waals surface area contributed by atoms with Gasteiger partial charge in [0, 0.05) is 37.8 Å². The van der Waals surface area contributed by atoms with Gasteiger partial charge in [-0.25, -0.2) is 4.98 Å².